The fourth-order valence-electron chi connectivity index (χ4n) is 1.83. The summed E-state index contributed by atoms with van der Waals surface area (Å²) in [7, 11) is -4.42. The molecule has 1 N–H and O–H groups in total. The fraction of sp³-hybridized carbons (Fsp3) is 0. The van der Waals surface area contributed by atoms with Crippen molar-refractivity contribution in [1.29, 1.82) is 0 Å². The van der Waals surface area contributed by atoms with Crippen LogP contribution in [0.1, 0.15) is 11.1 Å². The molecule has 20 heavy (non-hydrogen) atoms. The molecule has 0 amide bonds. The van der Waals surface area contributed by atoms with Crippen molar-refractivity contribution in [2.45, 2.75) is 4.90 Å². The van der Waals surface area contributed by atoms with Gasteiger partial charge in [-0.25, -0.2) is 0 Å². The van der Waals surface area contributed by atoms with Gasteiger partial charge >= 0.3 is 0 Å². The molecule has 0 saturated carbocycles. The largest absolute Gasteiger partial charge is 0.295 e. The lowest BCUT2D eigenvalue weighted by molar-refractivity contribution is 0.483. The van der Waals surface area contributed by atoms with Crippen LogP contribution in [0.3, 0.4) is 0 Å². The van der Waals surface area contributed by atoms with E-state index in [1.165, 1.54) is 36.4 Å². The second-order valence-electron chi connectivity index (χ2n) is 3.97. The average Bonchev–Trinajstić information content (AvgIpc) is 2.45. The molecule has 5 nitrogen and oxygen atoms in total. The summed E-state index contributed by atoms with van der Waals surface area (Å²) in [5.41, 5.74) is 0.665. The maximum absolute atomic E-state index is 11.3. The van der Waals surface area contributed by atoms with Gasteiger partial charge in [0.1, 0.15) is 4.90 Å². The molecule has 0 atom stereocenters. The van der Waals surface area contributed by atoms with Crippen molar-refractivity contribution in [1.82, 2.24) is 0 Å². The van der Waals surface area contributed by atoms with Gasteiger partial charge in [-0.3, -0.25) is 14.1 Å². The average molecular weight is 288 g/mol. The van der Waals surface area contributed by atoms with Crippen molar-refractivity contribution in [2.75, 3.05) is 0 Å². The molecule has 2 rings (SSSR count). The van der Waals surface area contributed by atoms with Crippen LogP contribution in [0.25, 0.3) is 11.1 Å². The Bertz CT molecular complexity index is 752. The van der Waals surface area contributed by atoms with Crippen LogP contribution in [0.2, 0.25) is 0 Å². The minimum Gasteiger partial charge on any atom is -0.285 e. The minimum atomic E-state index is -4.42. The zero-order valence-electron chi connectivity index (χ0n) is 10.0. The molecule has 100 valence electrons. The fourth-order valence-corrected chi connectivity index (χ4v) is 2.55. The molecule has 0 saturated heterocycles. The van der Waals surface area contributed by atoms with Crippen molar-refractivity contribution in [3.8, 4) is 11.1 Å². The number of hydrogen-bond donors (Lipinski definition) is 1. The Kier molecular flexibility index (Phi) is 3.78. The van der Waals surface area contributed by atoms with Crippen LogP contribution in [0.15, 0.2) is 47.4 Å². The highest BCUT2D eigenvalue weighted by atomic mass is 32.2. The smallest absolute Gasteiger partial charge is 0.285 e. The minimum absolute atomic E-state index is 0.0889. The number of benzene rings is 2. The van der Waals surface area contributed by atoms with E-state index in [4.69, 9.17) is 0 Å². The van der Waals surface area contributed by atoms with E-state index in [-0.39, 0.29) is 21.6 Å². The Hall–Kier alpha value is -2.31. The number of rotatable bonds is 4. The highest BCUT2D eigenvalue weighted by molar-refractivity contribution is 7.86. The van der Waals surface area contributed by atoms with Gasteiger partial charge in [0.2, 0.25) is 12.6 Å². The van der Waals surface area contributed by atoms with E-state index in [0.29, 0.717) is 5.56 Å². The SMILES string of the molecule is O=[C]c1cc([C]=O)cc(-c2ccccc2S(=O)(=O)O)c1. The summed E-state index contributed by atoms with van der Waals surface area (Å²) in [5, 5.41) is 0. The summed E-state index contributed by atoms with van der Waals surface area (Å²) in [6.45, 7) is 0. The summed E-state index contributed by atoms with van der Waals surface area (Å²) >= 11 is 0. The summed E-state index contributed by atoms with van der Waals surface area (Å²) in [6.07, 6.45) is 3.26. The first-order chi connectivity index (χ1) is 9.45. The van der Waals surface area contributed by atoms with E-state index in [9.17, 15) is 22.6 Å². The van der Waals surface area contributed by atoms with Gasteiger partial charge in [-0.2, -0.15) is 8.42 Å². The quantitative estimate of drug-likeness (QED) is 0.862. The van der Waals surface area contributed by atoms with E-state index in [1.807, 2.05) is 0 Å². The highest BCUT2D eigenvalue weighted by Crippen LogP contribution is 2.28. The Morgan fingerprint density at radius 2 is 1.45 bits per heavy atom. The zero-order chi connectivity index (χ0) is 14.8. The maximum Gasteiger partial charge on any atom is 0.295 e. The van der Waals surface area contributed by atoms with Gasteiger partial charge in [0.15, 0.2) is 0 Å². The van der Waals surface area contributed by atoms with Gasteiger partial charge in [0.25, 0.3) is 10.1 Å². The van der Waals surface area contributed by atoms with Gasteiger partial charge in [-0.15, -0.1) is 0 Å². The molecule has 0 aliphatic heterocycles. The van der Waals surface area contributed by atoms with Crippen LogP contribution in [0.4, 0.5) is 0 Å². The van der Waals surface area contributed by atoms with Crippen LogP contribution in [0, 0.1) is 0 Å². The Morgan fingerprint density at radius 1 is 0.900 bits per heavy atom. The molecule has 0 aliphatic rings. The second kappa shape index (κ2) is 5.36. The molecule has 2 aromatic rings. The van der Waals surface area contributed by atoms with Crippen LogP contribution in [-0.2, 0) is 19.7 Å². The molecular weight excluding hydrogens is 280 g/mol. The van der Waals surface area contributed by atoms with Crippen molar-refractivity contribution in [3.63, 3.8) is 0 Å². The molecule has 0 aromatic heterocycles. The first-order valence-electron chi connectivity index (χ1n) is 5.44. The molecule has 2 radical (unpaired) electrons. The highest BCUT2D eigenvalue weighted by Gasteiger charge is 2.16. The molecule has 0 spiro atoms. The Labute approximate surface area is 115 Å². The first-order valence-corrected chi connectivity index (χ1v) is 6.88. The van der Waals surface area contributed by atoms with E-state index < -0.39 is 10.1 Å². The third kappa shape index (κ3) is 2.81. The van der Waals surface area contributed by atoms with Crippen molar-refractivity contribution < 1.29 is 22.6 Å². The molecular formula is C14H8O5S. The summed E-state index contributed by atoms with van der Waals surface area (Å²) < 4.78 is 31.9. The van der Waals surface area contributed by atoms with Crippen LogP contribution in [0.5, 0.6) is 0 Å². The summed E-state index contributed by atoms with van der Waals surface area (Å²) in [6, 6.07) is 9.74. The normalized spacial score (nSPS) is 11.1. The topological polar surface area (TPSA) is 88.5 Å². The third-order valence-corrected chi connectivity index (χ3v) is 3.56. The lowest BCUT2D eigenvalue weighted by Gasteiger charge is -2.08. The molecule has 0 aliphatic carbocycles. The molecule has 2 aromatic carbocycles. The van der Waals surface area contributed by atoms with E-state index in [0.717, 1.165) is 0 Å². The van der Waals surface area contributed by atoms with Gasteiger partial charge in [0.05, 0.1) is 0 Å². The van der Waals surface area contributed by atoms with Gasteiger partial charge < -0.3 is 0 Å². The molecule has 0 heterocycles. The van der Waals surface area contributed by atoms with Crippen molar-refractivity contribution in [2.24, 2.45) is 0 Å². The van der Waals surface area contributed by atoms with E-state index in [1.54, 1.807) is 18.6 Å². The summed E-state index contributed by atoms with van der Waals surface area (Å²) in [4.78, 5) is 21.1. The third-order valence-electron chi connectivity index (χ3n) is 2.64. The van der Waals surface area contributed by atoms with Crippen molar-refractivity contribution >= 4 is 22.7 Å². The molecule has 0 fully saturated rings. The Balaban J connectivity index is 2.75. The zero-order valence-corrected chi connectivity index (χ0v) is 10.8. The summed E-state index contributed by atoms with van der Waals surface area (Å²) in [5.74, 6) is 0. The number of hydrogen-bond acceptors (Lipinski definition) is 4. The van der Waals surface area contributed by atoms with Gasteiger partial charge in [-0.1, -0.05) is 18.2 Å². The molecule has 6 heteroatoms. The van der Waals surface area contributed by atoms with E-state index in [2.05, 4.69) is 0 Å². The second-order valence-corrected chi connectivity index (χ2v) is 5.36. The molecule has 0 bridgehead atoms. The van der Waals surface area contributed by atoms with Crippen LogP contribution in [-0.4, -0.2) is 25.5 Å². The predicted molar refractivity (Wildman–Crippen MR) is 71.3 cm³/mol. The van der Waals surface area contributed by atoms with Crippen LogP contribution >= 0.6 is 0 Å². The Morgan fingerprint density at radius 3 is 1.95 bits per heavy atom. The van der Waals surface area contributed by atoms with Crippen molar-refractivity contribution in [3.05, 3.63) is 53.6 Å². The lowest BCUT2D eigenvalue weighted by Crippen LogP contribution is -2.01. The molecule has 0 unspecified atom stereocenters. The maximum atomic E-state index is 11.3. The van der Waals surface area contributed by atoms with Crippen LogP contribution < -0.4 is 0 Å². The van der Waals surface area contributed by atoms with Gasteiger partial charge in [0, 0.05) is 16.7 Å². The first kappa shape index (κ1) is 14.1. The lowest BCUT2D eigenvalue weighted by atomic mass is 10.0. The number of carbonyl (C=O) groups excluding carboxylic acids is 2. The van der Waals surface area contributed by atoms with Gasteiger partial charge in [-0.05, 0) is 29.8 Å². The monoisotopic (exact) mass is 288 g/mol. The predicted octanol–water partition coefficient (Wildman–Crippen LogP) is 1.52. The van der Waals surface area contributed by atoms with E-state index >= 15 is 0 Å². The standard InChI is InChI=1S/C14H8O5S/c15-8-10-5-11(9-16)7-12(6-10)13-3-1-2-4-14(13)20(17,18)19/h1-7H,(H,17,18,19).